The first kappa shape index (κ1) is 11.7. The van der Waals surface area contributed by atoms with Gasteiger partial charge in [0.05, 0.1) is 5.25 Å². The average Bonchev–Trinajstić information content (AvgIpc) is 1.97. The van der Waals surface area contributed by atoms with Crippen LogP contribution in [0.5, 0.6) is 0 Å². The van der Waals surface area contributed by atoms with E-state index < -0.39 is 15.4 Å². The van der Waals surface area contributed by atoms with Gasteiger partial charge in [-0.05, 0) is 55.8 Å². The number of hydrogen-bond donors (Lipinski definition) is 1. The molecule has 0 aliphatic heterocycles. The maximum Gasteiger partial charge on any atom is 0.268 e. The van der Waals surface area contributed by atoms with Gasteiger partial charge in [-0.1, -0.05) is 0 Å². The molecule has 0 unspecified atom stereocenters. The van der Waals surface area contributed by atoms with Crippen LogP contribution in [0.2, 0.25) is 0 Å². The van der Waals surface area contributed by atoms with E-state index in [0.29, 0.717) is 0 Å². The Morgan fingerprint density at radius 1 is 0.867 bits per heavy atom. The molecule has 0 spiro atoms. The Morgan fingerprint density at radius 2 is 1.27 bits per heavy atom. The largest absolute Gasteiger partial charge is 0.285 e. The van der Waals surface area contributed by atoms with Crippen LogP contribution in [0.25, 0.3) is 0 Å². The Kier molecular flexibility index (Phi) is 2.81. The molecule has 0 aromatic carbocycles. The highest BCUT2D eigenvalue weighted by Gasteiger charge is 2.52. The summed E-state index contributed by atoms with van der Waals surface area (Å²) in [7, 11) is -3.79. The normalized spacial score (nSPS) is 47.7. The maximum absolute atomic E-state index is 11.3. The van der Waals surface area contributed by atoms with E-state index in [9.17, 15) is 13.0 Å². The van der Waals surface area contributed by atoms with Crippen molar-refractivity contribution in [2.45, 2.75) is 37.4 Å². The lowest BCUT2D eigenvalue weighted by atomic mass is 9.56. The summed E-state index contributed by atoms with van der Waals surface area (Å²) >= 11 is 0. The number of hydrogen-bond acceptors (Lipinski definition) is 2. The van der Waals surface area contributed by atoms with Crippen molar-refractivity contribution < 1.29 is 13.0 Å². The Hall–Kier alpha value is 0.200. The summed E-state index contributed by atoms with van der Waals surface area (Å²) in [5.74, 6) is 2.05. The minimum Gasteiger partial charge on any atom is -0.285 e. The highest BCUT2D eigenvalue weighted by Crippen LogP contribution is 2.55. The van der Waals surface area contributed by atoms with Crippen molar-refractivity contribution in [3.63, 3.8) is 0 Å². The third-order valence-electron chi connectivity index (χ3n) is 4.48. The summed E-state index contributed by atoms with van der Waals surface area (Å²) in [5.41, 5.74) is 0. The number of rotatable bonds is 1. The first-order chi connectivity index (χ1) is 6.54. The fourth-order valence-electron chi connectivity index (χ4n) is 4.36. The zero-order valence-corrected chi connectivity index (χ0v) is 10.1. The Balaban J connectivity index is 0.000000853. The minimum atomic E-state index is -3.79. The Labute approximate surface area is 96.8 Å². The van der Waals surface area contributed by atoms with Crippen LogP contribution in [0.4, 0.5) is 0 Å². The molecular weight excluding hydrogens is 236 g/mol. The van der Waals surface area contributed by atoms with Crippen molar-refractivity contribution in [1.82, 2.24) is 0 Å². The van der Waals surface area contributed by atoms with Crippen LogP contribution in [0.3, 0.4) is 0 Å². The summed E-state index contributed by atoms with van der Waals surface area (Å²) in [4.78, 5) is 0. The lowest BCUT2D eigenvalue weighted by molar-refractivity contribution is 0.0214. The SMILES string of the molecule is Cl.O=S(=O)(O)C1C2CC3CC(C2)CC1C3. The second kappa shape index (κ2) is 3.60. The van der Waals surface area contributed by atoms with E-state index in [1.807, 2.05) is 0 Å². The van der Waals surface area contributed by atoms with Crippen LogP contribution in [0.15, 0.2) is 0 Å². The molecule has 15 heavy (non-hydrogen) atoms. The molecular formula is C10H17ClO3S. The summed E-state index contributed by atoms with van der Waals surface area (Å²) in [6.07, 6.45) is 5.47. The van der Waals surface area contributed by atoms with Gasteiger partial charge in [0.1, 0.15) is 0 Å². The minimum absolute atomic E-state index is 0. The van der Waals surface area contributed by atoms with Gasteiger partial charge in [0.15, 0.2) is 0 Å². The zero-order valence-electron chi connectivity index (χ0n) is 8.50. The molecule has 1 N–H and O–H groups in total. The molecule has 3 nitrogen and oxygen atoms in total. The zero-order chi connectivity index (χ0) is 9.92. The fraction of sp³-hybridized carbons (Fsp3) is 1.00. The molecule has 0 amide bonds. The van der Waals surface area contributed by atoms with Gasteiger partial charge < -0.3 is 0 Å². The van der Waals surface area contributed by atoms with E-state index >= 15 is 0 Å². The highest BCUT2D eigenvalue weighted by molar-refractivity contribution is 7.86. The molecule has 0 aromatic rings. The molecule has 4 bridgehead atoms. The van der Waals surface area contributed by atoms with Gasteiger partial charge in [0, 0.05) is 0 Å². The summed E-state index contributed by atoms with van der Waals surface area (Å²) in [6, 6.07) is 0. The van der Waals surface area contributed by atoms with Gasteiger partial charge in [0.25, 0.3) is 10.1 Å². The van der Waals surface area contributed by atoms with Gasteiger partial charge in [-0.3, -0.25) is 4.55 Å². The van der Waals surface area contributed by atoms with Crippen molar-refractivity contribution in [3.8, 4) is 0 Å². The van der Waals surface area contributed by atoms with Crippen LogP contribution in [0.1, 0.15) is 32.1 Å². The number of halogens is 1. The van der Waals surface area contributed by atoms with E-state index in [1.54, 1.807) is 0 Å². The van der Waals surface area contributed by atoms with Crippen LogP contribution in [-0.4, -0.2) is 18.2 Å². The van der Waals surface area contributed by atoms with Crippen LogP contribution in [-0.2, 0) is 10.1 Å². The molecule has 0 atom stereocenters. The molecule has 0 radical (unpaired) electrons. The molecule has 0 heterocycles. The Morgan fingerprint density at radius 3 is 1.60 bits per heavy atom. The molecule has 4 aliphatic carbocycles. The maximum atomic E-state index is 11.3. The summed E-state index contributed by atoms with van der Waals surface area (Å²) < 4.78 is 31.8. The molecule has 4 saturated carbocycles. The molecule has 0 aromatic heterocycles. The molecule has 4 fully saturated rings. The van der Waals surface area contributed by atoms with E-state index in [4.69, 9.17) is 0 Å². The third kappa shape index (κ3) is 1.81. The molecule has 4 rings (SSSR count). The van der Waals surface area contributed by atoms with Crippen molar-refractivity contribution >= 4 is 22.5 Å². The highest BCUT2D eigenvalue weighted by atomic mass is 35.5. The van der Waals surface area contributed by atoms with Crippen molar-refractivity contribution in [3.05, 3.63) is 0 Å². The van der Waals surface area contributed by atoms with Crippen LogP contribution in [0, 0.1) is 23.7 Å². The third-order valence-corrected chi connectivity index (χ3v) is 5.94. The second-order valence-electron chi connectivity index (χ2n) is 5.41. The smallest absolute Gasteiger partial charge is 0.268 e. The topological polar surface area (TPSA) is 54.4 Å². The van der Waals surface area contributed by atoms with Gasteiger partial charge in [-0.2, -0.15) is 8.42 Å². The monoisotopic (exact) mass is 252 g/mol. The lowest BCUT2D eigenvalue weighted by Gasteiger charge is -2.52. The van der Waals surface area contributed by atoms with Crippen LogP contribution < -0.4 is 0 Å². The predicted molar refractivity (Wildman–Crippen MR) is 59.6 cm³/mol. The lowest BCUT2D eigenvalue weighted by Crippen LogP contribution is -2.51. The Bertz CT molecular complexity index is 324. The summed E-state index contributed by atoms with van der Waals surface area (Å²) in [5, 5.41) is -0.421. The van der Waals surface area contributed by atoms with Gasteiger partial charge in [-0.15, -0.1) is 12.4 Å². The van der Waals surface area contributed by atoms with Crippen molar-refractivity contribution in [2.75, 3.05) is 0 Å². The fourth-order valence-corrected chi connectivity index (χ4v) is 5.78. The average molecular weight is 253 g/mol. The standard InChI is InChI=1S/C10H16O3S.ClH/c11-14(12,13)10-8-2-6-1-7(4-8)5-9(10)3-6;/h6-10H,1-5H2,(H,11,12,13);1H. The van der Waals surface area contributed by atoms with Gasteiger partial charge in [-0.25, -0.2) is 0 Å². The first-order valence-corrected chi connectivity index (χ1v) is 7.00. The van der Waals surface area contributed by atoms with Gasteiger partial charge in [0.2, 0.25) is 0 Å². The van der Waals surface area contributed by atoms with Crippen molar-refractivity contribution in [1.29, 1.82) is 0 Å². The van der Waals surface area contributed by atoms with E-state index in [2.05, 4.69) is 0 Å². The molecule has 0 saturated heterocycles. The van der Waals surface area contributed by atoms with Gasteiger partial charge >= 0.3 is 0 Å². The van der Waals surface area contributed by atoms with E-state index in [1.165, 1.54) is 6.42 Å². The van der Waals surface area contributed by atoms with Crippen LogP contribution >= 0.6 is 12.4 Å². The second-order valence-corrected chi connectivity index (χ2v) is 6.98. The predicted octanol–water partition coefficient (Wildman–Crippen LogP) is 2.12. The van der Waals surface area contributed by atoms with Crippen molar-refractivity contribution in [2.24, 2.45) is 23.7 Å². The molecule has 4 aliphatic rings. The quantitative estimate of drug-likeness (QED) is 0.728. The van der Waals surface area contributed by atoms with E-state index in [-0.39, 0.29) is 24.2 Å². The molecule has 5 heteroatoms. The summed E-state index contributed by atoms with van der Waals surface area (Å²) in [6.45, 7) is 0. The molecule has 88 valence electrons. The first-order valence-electron chi connectivity index (χ1n) is 5.50. The van der Waals surface area contributed by atoms with E-state index in [0.717, 1.165) is 37.5 Å².